The number of aliphatic hydroxyl groups is 1. The van der Waals surface area contributed by atoms with Crippen molar-refractivity contribution in [2.45, 2.75) is 43.6 Å². The highest BCUT2D eigenvalue weighted by Gasteiger charge is 2.46. The Kier molecular flexibility index (Phi) is 4.31. The van der Waals surface area contributed by atoms with Gasteiger partial charge in [-0.1, -0.05) is 6.42 Å². The Balaban J connectivity index is 2.57. The maximum Gasteiger partial charge on any atom is 0.451 e. The molecular weight excluding hydrogens is 213 g/mol. The van der Waals surface area contributed by atoms with Crippen molar-refractivity contribution in [1.29, 1.82) is 0 Å². The molecule has 6 nitrogen and oxygen atoms in total. The first-order chi connectivity index (χ1) is 7.36. The number of carboxylic acids is 1. The monoisotopic (exact) mass is 231 g/mol. The molecule has 0 amide bonds. The van der Waals surface area contributed by atoms with Crippen LogP contribution in [0.4, 0.5) is 0 Å². The third-order valence-electron chi connectivity index (χ3n) is 3.30. The van der Waals surface area contributed by atoms with E-state index >= 15 is 0 Å². The van der Waals surface area contributed by atoms with Gasteiger partial charge in [0.05, 0.1) is 6.10 Å². The molecule has 0 spiro atoms. The Hall–Kier alpha value is -0.625. The summed E-state index contributed by atoms with van der Waals surface area (Å²) >= 11 is 0. The average molecular weight is 231 g/mol. The van der Waals surface area contributed by atoms with Gasteiger partial charge in [-0.25, -0.2) is 0 Å². The summed E-state index contributed by atoms with van der Waals surface area (Å²) in [5, 5.41) is 36.0. The van der Waals surface area contributed by atoms with Crippen LogP contribution in [0.3, 0.4) is 0 Å². The zero-order chi connectivity index (χ0) is 12.3. The van der Waals surface area contributed by atoms with Crippen molar-refractivity contribution in [1.82, 2.24) is 0 Å². The zero-order valence-electron chi connectivity index (χ0n) is 9.04. The molecule has 0 heterocycles. The molecule has 0 aliphatic heterocycles. The van der Waals surface area contributed by atoms with Gasteiger partial charge < -0.3 is 26.0 Å². The number of aliphatic hydroxyl groups excluding tert-OH is 1. The minimum absolute atomic E-state index is 0.0197. The smallest absolute Gasteiger partial charge is 0.451 e. The highest BCUT2D eigenvalue weighted by Crippen LogP contribution is 2.34. The van der Waals surface area contributed by atoms with Crippen molar-refractivity contribution < 1.29 is 25.1 Å². The normalized spacial score (nSPS) is 34.8. The van der Waals surface area contributed by atoms with E-state index in [-0.39, 0.29) is 18.7 Å². The predicted octanol–water partition coefficient (Wildman–Crippen LogP) is -1.21. The van der Waals surface area contributed by atoms with E-state index in [0.717, 1.165) is 0 Å². The quantitative estimate of drug-likeness (QED) is 0.387. The molecule has 1 aliphatic carbocycles. The van der Waals surface area contributed by atoms with Crippen molar-refractivity contribution in [3.8, 4) is 0 Å². The van der Waals surface area contributed by atoms with E-state index in [1.807, 2.05) is 0 Å². The minimum Gasteiger partial charge on any atom is -0.480 e. The van der Waals surface area contributed by atoms with Crippen LogP contribution in [0.25, 0.3) is 0 Å². The summed E-state index contributed by atoms with van der Waals surface area (Å²) in [5.74, 6) is -1.18. The number of nitrogens with two attached hydrogens (primary N) is 1. The van der Waals surface area contributed by atoms with Crippen molar-refractivity contribution in [3.63, 3.8) is 0 Å². The van der Waals surface area contributed by atoms with Crippen LogP contribution in [-0.4, -0.2) is 45.0 Å². The number of carboxylic acid groups (broad SMARTS) is 1. The van der Waals surface area contributed by atoms with Crippen LogP contribution in [0.15, 0.2) is 0 Å². The third-order valence-corrected chi connectivity index (χ3v) is 3.30. The lowest BCUT2D eigenvalue weighted by Gasteiger charge is -2.38. The van der Waals surface area contributed by atoms with E-state index in [9.17, 15) is 9.90 Å². The van der Waals surface area contributed by atoms with Gasteiger partial charge in [-0.2, -0.15) is 0 Å². The van der Waals surface area contributed by atoms with Crippen molar-refractivity contribution in [2.24, 2.45) is 11.7 Å². The first-order valence-electron chi connectivity index (χ1n) is 5.42. The van der Waals surface area contributed by atoms with Gasteiger partial charge in [-0.3, -0.25) is 4.79 Å². The SMILES string of the molecule is N[C@@]1(C(=O)O)CC(CCB(O)O)CC[C@@H]1O. The van der Waals surface area contributed by atoms with Crippen LogP contribution < -0.4 is 5.73 Å². The maximum absolute atomic E-state index is 11.0. The van der Waals surface area contributed by atoms with E-state index in [1.165, 1.54) is 0 Å². The van der Waals surface area contributed by atoms with E-state index in [1.54, 1.807) is 0 Å². The average Bonchev–Trinajstić information content (AvgIpc) is 2.19. The van der Waals surface area contributed by atoms with E-state index in [4.69, 9.17) is 20.9 Å². The Labute approximate surface area is 94.2 Å². The third kappa shape index (κ3) is 2.94. The molecule has 1 aliphatic rings. The molecule has 7 heteroatoms. The van der Waals surface area contributed by atoms with Gasteiger partial charge >= 0.3 is 13.1 Å². The molecule has 1 fully saturated rings. The molecule has 0 aromatic rings. The van der Waals surface area contributed by atoms with Crippen LogP contribution in [0.2, 0.25) is 6.32 Å². The second-order valence-electron chi connectivity index (χ2n) is 4.57. The maximum atomic E-state index is 11.0. The van der Waals surface area contributed by atoms with Crippen molar-refractivity contribution >= 4 is 13.1 Å². The van der Waals surface area contributed by atoms with Crippen LogP contribution in [-0.2, 0) is 4.79 Å². The summed E-state index contributed by atoms with van der Waals surface area (Å²) in [4.78, 5) is 11.0. The predicted molar refractivity (Wildman–Crippen MR) is 57.5 cm³/mol. The molecule has 1 saturated carbocycles. The van der Waals surface area contributed by atoms with Crippen LogP contribution in [0.1, 0.15) is 25.7 Å². The zero-order valence-corrected chi connectivity index (χ0v) is 9.04. The molecule has 0 radical (unpaired) electrons. The molecule has 0 aromatic carbocycles. The van der Waals surface area contributed by atoms with Gasteiger partial charge in [0.15, 0.2) is 0 Å². The largest absolute Gasteiger partial charge is 0.480 e. The van der Waals surface area contributed by atoms with Gasteiger partial charge in [-0.05, 0) is 31.5 Å². The summed E-state index contributed by atoms with van der Waals surface area (Å²) in [5.41, 5.74) is 4.07. The van der Waals surface area contributed by atoms with E-state index in [2.05, 4.69) is 0 Å². The number of hydrogen-bond acceptors (Lipinski definition) is 5. The summed E-state index contributed by atoms with van der Waals surface area (Å²) in [6, 6.07) is 0. The molecule has 1 unspecified atom stereocenters. The minimum atomic E-state index is -1.59. The van der Waals surface area contributed by atoms with E-state index in [0.29, 0.717) is 19.3 Å². The Bertz CT molecular complexity index is 262. The second kappa shape index (κ2) is 5.14. The lowest BCUT2D eigenvalue weighted by molar-refractivity contribution is -0.151. The van der Waals surface area contributed by atoms with Gasteiger partial charge in [0.1, 0.15) is 5.54 Å². The molecule has 0 aromatic heterocycles. The Morgan fingerprint density at radius 3 is 2.56 bits per heavy atom. The lowest BCUT2D eigenvalue weighted by Crippen LogP contribution is -2.60. The van der Waals surface area contributed by atoms with Crippen molar-refractivity contribution in [3.05, 3.63) is 0 Å². The fourth-order valence-electron chi connectivity index (χ4n) is 2.23. The number of hydrogen-bond donors (Lipinski definition) is 5. The summed E-state index contributed by atoms with van der Waals surface area (Å²) in [7, 11) is -1.37. The van der Waals surface area contributed by atoms with Crippen LogP contribution in [0, 0.1) is 5.92 Å². The summed E-state index contributed by atoms with van der Waals surface area (Å²) < 4.78 is 0. The molecule has 92 valence electrons. The first-order valence-corrected chi connectivity index (χ1v) is 5.42. The fraction of sp³-hybridized carbons (Fsp3) is 0.889. The number of aliphatic carboxylic acids is 1. The van der Waals surface area contributed by atoms with Gasteiger partial charge in [0.25, 0.3) is 0 Å². The summed E-state index contributed by atoms with van der Waals surface area (Å²) in [6.45, 7) is 0. The fourth-order valence-corrected chi connectivity index (χ4v) is 2.23. The standard InChI is InChI=1S/C9H18BNO5/c11-9(8(13)14)5-6(1-2-7(9)12)3-4-10(15)16/h6-7,12,15-16H,1-5,11H2,(H,13,14)/t6?,7-,9-/m0/s1. The molecule has 1 rings (SSSR count). The van der Waals surface area contributed by atoms with Gasteiger partial charge in [0.2, 0.25) is 0 Å². The summed E-state index contributed by atoms with van der Waals surface area (Å²) in [6.07, 6.45) is 0.874. The van der Waals surface area contributed by atoms with Crippen molar-refractivity contribution in [2.75, 3.05) is 0 Å². The molecule has 0 saturated heterocycles. The second-order valence-corrected chi connectivity index (χ2v) is 4.57. The molecule has 3 atom stereocenters. The highest BCUT2D eigenvalue weighted by atomic mass is 16.4. The molecular formula is C9H18BNO5. The number of carbonyl (C=O) groups is 1. The molecule has 6 N–H and O–H groups in total. The van der Waals surface area contributed by atoms with E-state index < -0.39 is 24.7 Å². The van der Waals surface area contributed by atoms with Gasteiger partial charge in [0, 0.05) is 0 Å². The van der Waals surface area contributed by atoms with Crippen LogP contribution in [0.5, 0.6) is 0 Å². The van der Waals surface area contributed by atoms with Crippen LogP contribution >= 0.6 is 0 Å². The number of rotatable bonds is 4. The molecule has 16 heavy (non-hydrogen) atoms. The lowest BCUT2D eigenvalue weighted by atomic mass is 9.70. The first kappa shape index (κ1) is 13.4. The topological polar surface area (TPSA) is 124 Å². The highest BCUT2D eigenvalue weighted by molar-refractivity contribution is 6.40. The Morgan fingerprint density at radius 2 is 2.06 bits per heavy atom. The Morgan fingerprint density at radius 1 is 1.44 bits per heavy atom. The molecule has 0 bridgehead atoms. The van der Waals surface area contributed by atoms with Gasteiger partial charge in [-0.15, -0.1) is 0 Å².